The van der Waals surface area contributed by atoms with E-state index in [1.807, 2.05) is 12.1 Å². The van der Waals surface area contributed by atoms with Gasteiger partial charge in [0, 0.05) is 18.2 Å². The summed E-state index contributed by atoms with van der Waals surface area (Å²) in [5.41, 5.74) is 2.23. The van der Waals surface area contributed by atoms with Crippen LogP contribution in [0.15, 0.2) is 42.5 Å². The monoisotopic (exact) mass is 433 g/mol. The number of benzene rings is 2. The molecule has 7 heteroatoms. The molecule has 0 aliphatic carbocycles. The van der Waals surface area contributed by atoms with Crippen molar-refractivity contribution in [3.63, 3.8) is 0 Å². The number of carbonyl (C=O) groups is 1. The van der Waals surface area contributed by atoms with Crippen molar-refractivity contribution >= 4 is 5.91 Å². The number of piperidine rings is 3. The minimum absolute atomic E-state index is 0.0528. The number of nitrogens with zero attached hydrogens (tertiary/aromatic N) is 2. The summed E-state index contributed by atoms with van der Waals surface area (Å²) < 4.78 is 17.6. The molecule has 6 rings (SSSR count). The highest BCUT2D eigenvalue weighted by Crippen LogP contribution is 2.33. The van der Waals surface area contributed by atoms with Gasteiger partial charge in [-0.25, -0.2) is 0 Å². The number of hydrogen-bond acceptors (Lipinski definition) is 6. The van der Waals surface area contributed by atoms with Crippen LogP contribution in [0.3, 0.4) is 0 Å². The van der Waals surface area contributed by atoms with Crippen molar-refractivity contribution in [2.45, 2.75) is 31.6 Å². The molecule has 2 aromatic carbocycles. The molecule has 2 aromatic rings. The molecule has 3 saturated heterocycles. The maximum absolute atomic E-state index is 12.8. The van der Waals surface area contributed by atoms with Crippen molar-refractivity contribution in [1.82, 2.24) is 10.2 Å². The van der Waals surface area contributed by atoms with Gasteiger partial charge in [-0.15, -0.1) is 0 Å². The smallest absolute Gasteiger partial charge is 0.251 e. The molecule has 3 fully saturated rings. The van der Waals surface area contributed by atoms with Crippen molar-refractivity contribution in [3.05, 3.63) is 59.2 Å². The highest BCUT2D eigenvalue weighted by molar-refractivity contribution is 5.95. The third-order valence-electron chi connectivity index (χ3n) is 6.55. The molecule has 0 aromatic heterocycles. The molecule has 1 amide bonds. The van der Waals surface area contributed by atoms with Crippen LogP contribution in [0, 0.1) is 17.2 Å². The Morgan fingerprint density at radius 3 is 2.69 bits per heavy atom. The first-order valence-electron chi connectivity index (χ1n) is 11.2. The molecule has 0 saturated carbocycles. The van der Waals surface area contributed by atoms with Crippen LogP contribution < -0.4 is 14.8 Å². The lowest BCUT2D eigenvalue weighted by Gasteiger charge is -2.44. The Bertz CT molecular complexity index is 1010. The number of fused-ring (bicyclic) bond motifs is 4. The first kappa shape index (κ1) is 20.8. The molecule has 7 nitrogen and oxygen atoms in total. The normalized spacial score (nSPS) is 25.7. The van der Waals surface area contributed by atoms with Gasteiger partial charge in [0.05, 0.1) is 24.8 Å². The molecule has 1 N–H and O–H groups in total. The van der Waals surface area contributed by atoms with Crippen LogP contribution in [0.4, 0.5) is 0 Å². The Balaban J connectivity index is 1.13. The summed E-state index contributed by atoms with van der Waals surface area (Å²) in [6.07, 6.45) is 2.12. The van der Waals surface area contributed by atoms with Crippen LogP contribution in [-0.4, -0.2) is 55.8 Å². The SMILES string of the molecule is N#Cc1ccc(COC[C@@H]2COc3cc(C(=O)N[C@H]4CN5CCC4CC5)ccc3O2)cc1. The predicted molar refractivity (Wildman–Crippen MR) is 118 cm³/mol. The van der Waals surface area contributed by atoms with E-state index in [9.17, 15) is 4.79 Å². The molecule has 0 radical (unpaired) electrons. The number of hydrogen-bond donors (Lipinski definition) is 1. The quantitative estimate of drug-likeness (QED) is 0.754. The number of nitriles is 1. The molecule has 0 unspecified atom stereocenters. The van der Waals surface area contributed by atoms with E-state index in [2.05, 4.69) is 16.3 Å². The number of nitrogens with one attached hydrogen (secondary N) is 1. The number of carbonyl (C=O) groups excluding carboxylic acids is 1. The molecule has 0 spiro atoms. The zero-order valence-corrected chi connectivity index (χ0v) is 18.0. The van der Waals surface area contributed by atoms with E-state index >= 15 is 0 Å². The predicted octanol–water partition coefficient (Wildman–Crippen LogP) is 2.74. The molecule has 166 valence electrons. The fourth-order valence-corrected chi connectivity index (χ4v) is 4.70. The molecular weight excluding hydrogens is 406 g/mol. The number of amides is 1. The molecular formula is C25H27N3O4. The summed E-state index contributed by atoms with van der Waals surface area (Å²) in [7, 11) is 0. The Labute approximate surface area is 187 Å². The van der Waals surface area contributed by atoms with Crippen LogP contribution in [0.5, 0.6) is 11.5 Å². The van der Waals surface area contributed by atoms with E-state index < -0.39 is 0 Å². The third-order valence-corrected chi connectivity index (χ3v) is 6.55. The van der Waals surface area contributed by atoms with E-state index in [1.54, 1.807) is 30.3 Å². The van der Waals surface area contributed by atoms with Gasteiger partial charge in [0.25, 0.3) is 5.91 Å². The lowest BCUT2D eigenvalue weighted by atomic mass is 9.84. The van der Waals surface area contributed by atoms with Crippen molar-refractivity contribution in [2.75, 3.05) is 32.8 Å². The summed E-state index contributed by atoms with van der Waals surface area (Å²) >= 11 is 0. The van der Waals surface area contributed by atoms with Gasteiger partial charge < -0.3 is 24.4 Å². The standard InChI is InChI=1S/C25H27N3O4/c26-12-17-1-3-18(4-2-17)14-30-15-21-16-31-24-11-20(5-6-23(24)32-21)25(29)27-22-13-28-9-7-19(22)8-10-28/h1-6,11,19,21-22H,7-10,13-16H2,(H,27,29)/t21-,22+/m1/s1. The van der Waals surface area contributed by atoms with Crippen LogP contribution >= 0.6 is 0 Å². The molecule has 2 bridgehead atoms. The summed E-state index contributed by atoms with van der Waals surface area (Å²) in [4.78, 5) is 15.2. The molecule has 4 aliphatic heterocycles. The minimum Gasteiger partial charge on any atom is -0.486 e. The second kappa shape index (κ2) is 9.19. The van der Waals surface area contributed by atoms with Crippen molar-refractivity contribution in [3.8, 4) is 17.6 Å². The largest absolute Gasteiger partial charge is 0.486 e. The average molecular weight is 434 g/mol. The van der Waals surface area contributed by atoms with E-state index in [0.717, 1.165) is 25.2 Å². The second-order valence-corrected chi connectivity index (χ2v) is 8.75. The van der Waals surface area contributed by atoms with Crippen LogP contribution in [0.1, 0.15) is 34.3 Å². The average Bonchev–Trinajstić information content (AvgIpc) is 2.85. The van der Waals surface area contributed by atoms with Gasteiger partial charge in [-0.1, -0.05) is 12.1 Å². The molecule has 2 atom stereocenters. The van der Waals surface area contributed by atoms with Crippen molar-refractivity contribution < 1.29 is 19.0 Å². The van der Waals surface area contributed by atoms with Gasteiger partial charge in [0.15, 0.2) is 17.6 Å². The van der Waals surface area contributed by atoms with E-state index in [4.69, 9.17) is 19.5 Å². The lowest BCUT2D eigenvalue weighted by Crippen LogP contribution is -2.57. The molecule has 32 heavy (non-hydrogen) atoms. The summed E-state index contributed by atoms with van der Waals surface area (Å²) in [6.45, 7) is 4.45. The highest BCUT2D eigenvalue weighted by Gasteiger charge is 2.35. The molecule has 4 heterocycles. The van der Waals surface area contributed by atoms with Crippen molar-refractivity contribution in [1.29, 1.82) is 5.26 Å². The van der Waals surface area contributed by atoms with Gasteiger partial charge >= 0.3 is 0 Å². The lowest BCUT2D eigenvalue weighted by molar-refractivity contribution is 0.00267. The van der Waals surface area contributed by atoms with Crippen molar-refractivity contribution in [2.24, 2.45) is 5.92 Å². The Morgan fingerprint density at radius 1 is 1.16 bits per heavy atom. The summed E-state index contributed by atoms with van der Waals surface area (Å²) in [5, 5.41) is 12.1. The fourth-order valence-electron chi connectivity index (χ4n) is 4.70. The van der Waals surface area contributed by atoms with Gasteiger partial charge in [-0.2, -0.15) is 5.26 Å². The van der Waals surface area contributed by atoms with Gasteiger partial charge in [0.2, 0.25) is 0 Å². The minimum atomic E-state index is -0.215. The highest BCUT2D eigenvalue weighted by atomic mass is 16.6. The molecule has 4 aliphatic rings. The topological polar surface area (TPSA) is 83.8 Å². The Hall–Kier alpha value is -3.08. The fraction of sp³-hybridized carbons (Fsp3) is 0.440. The maximum atomic E-state index is 12.8. The third kappa shape index (κ3) is 4.57. The van der Waals surface area contributed by atoms with Crippen LogP contribution in [0.25, 0.3) is 0 Å². The zero-order chi connectivity index (χ0) is 21.9. The number of ether oxygens (including phenoxy) is 3. The zero-order valence-electron chi connectivity index (χ0n) is 18.0. The Morgan fingerprint density at radius 2 is 1.97 bits per heavy atom. The summed E-state index contributed by atoms with van der Waals surface area (Å²) in [6, 6.07) is 15.0. The second-order valence-electron chi connectivity index (χ2n) is 8.75. The van der Waals surface area contributed by atoms with Gasteiger partial charge in [-0.3, -0.25) is 4.79 Å². The van der Waals surface area contributed by atoms with Crippen LogP contribution in [-0.2, 0) is 11.3 Å². The van der Waals surface area contributed by atoms with E-state index in [0.29, 0.717) is 48.4 Å². The first-order valence-corrected chi connectivity index (χ1v) is 11.2. The van der Waals surface area contributed by atoms with E-state index in [1.165, 1.54) is 12.8 Å². The van der Waals surface area contributed by atoms with E-state index in [-0.39, 0.29) is 18.1 Å². The van der Waals surface area contributed by atoms with Gasteiger partial charge in [0.1, 0.15) is 6.61 Å². The Kier molecular flexibility index (Phi) is 5.97. The maximum Gasteiger partial charge on any atom is 0.251 e. The first-order chi connectivity index (χ1) is 15.7. The van der Waals surface area contributed by atoms with Gasteiger partial charge in [-0.05, 0) is 67.7 Å². The number of rotatable bonds is 6. The summed E-state index contributed by atoms with van der Waals surface area (Å²) in [5.74, 6) is 1.76. The van der Waals surface area contributed by atoms with Crippen LogP contribution in [0.2, 0.25) is 0 Å².